The first-order valence-electron chi connectivity index (χ1n) is 12.3. The van der Waals surface area contributed by atoms with Gasteiger partial charge in [0.05, 0.1) is 5.57 Å². The number of carbonyl (C=O) groups excluding carboxylic acids is 2. The van der Waals surface area contributed by atoms with Gasteiger partial charge >= 0.3 is 5.97 Å². The number of benzene rings is 2. The van der Waals surface area contributed by atoms with E-state index in [1.165, 1.54) is 6.42 Å². The molecule has 0 saturated heterocycles. The molecule has 176 valence electrons. The number of ether oxygens (including phenoxy) is 1. The molecule has 0 unspecified atom stereocenters. The van der Waals surface area contributed by atoms with Gasteiger partial charge in [-0.1, -0.05) is 48.9 Å². The number of allylic oxidation sites excluding steroid dienone is 3. The lowest BCUT2D eigenvalue weighted by molar-refractivity contribution is -0.146. The number of aromatic hydroxyl groups is 1. The Hall–Kier alpha value is -3.34. The first-order chi connectivity index (χ1) is 16.5. The molecular formula is C29H31NO4. The van der Waals surface area contributed by atoms with Gasteiger partial charge in [-0.15, -0.1) is 0 Å². The fourth-order valence-corrected chi connectivity index (χ4v) is 5.71. The number of rotatable bonds is 4. The van der Waals surface area contributed by atoms with E-state index in [9.17, 15) is 14.7 Å². The highest BCUT2D eigenvalue weighted by Gasteiger charge is 2.42. The van der Waals surface area contributed by atoms with Crippen LogP contribution < -0.4 is 5.32 Å². The zero-order valence-electron chi connectivity index (χ0n) is 19.5. The van der Waals surface area contributed by atoms with Crippen molar-refractivity contribution in [2.75, 3.05) is 0 Å². The van der Waals surface area contributed by atoms with E-state index in [0.29, 0.717) is 24.0 Å². The average Bonchev–Trinajstić information content (AvgIpc) is 2.84. The Morgan fingerprint density at radius 3 is 2.44 bits per heavy atom. The van der Waals surface area contributed by atoms with Gasteiger partial charge in [-0.25, -0.2) is 4.79 Å². The fraction of sp³-hybridized carbons (Fsp3) is 0.379. The van der Waals surface area contributed by atoms with Gasteiger partial charge in [0.1, 0.15) is 11.9 Å². The maximum absolute atomic E-state index is 13.6. The van der Waals surface area contributed by atoms with Gasteiger partial charge in [0.25, 0.3) is 0 Å². The molecule has 1 heterocycles. The van der Waals surface area contributed by atoms with Gasteiger partial charge in [0.15, 0.2) is 5.78 Å². The normalized spacial score (nSPS) is 23.4. The number of phenolic OH excluding ortho intramolecular Hbond substituents is 1. The van der Waals surface area contributed by atoms with Crippen LogP contribution in [0.2, 0.25) is 0 Å². The molecular weight excluding hydrogens is 426 g/mol. The maximum atomic E-state index is 13.6. The highest BCUT2D eigenvalue weighted by Crippen LogP contribution is 2.46. The lowest BCUT2D eigenvalue weighted by Crippen LogP contribution is -2.37. The van der Waals surface area contributed by atoms with E-state index in [1.807, 2.05) is 31.2 Å². The molecule has 2 aromatic carbocycles. The molecule has 2 aliphatic carbocycles. The molecule has 34 heavy (non-hydrogen) atoms. The molecule has 3 aliphatic rings. The Bertz CT molecular complexity index is 1160. The third-order valence-corrected chi connectivity index (χ3v) is 7.35. The van der Waals surface area contributed by atoms with Crippen LogP contribution in [-0.2, 0) is 14.3 Å². The highest BCUT2D eigenvalue weighted by molar-refractivity contribution is 6.04. The van der Waals surface area contributed by atoms with Crippen molar-refractivity contribution in [3.63, 3.8) is 0 Å². The van der Waals surface area contributed by atoms with Crippen LogP contribution >= 0.6 is 0 Å². The van der Waals surface area contributed by atoms with Crippen molar-refractivity contribution in [2.45, 2.75) is 69.8 Å². The van der Waals surface area contributed by atoms with Gasteiger partial charge in [-0.2, -0.15) is 0 Å². The van der Waals surface area contributed by atoms with Gasteiger partial charge in [0.2, 0.25) is 0 Å². The van der Waals surface area contributed by atoms with E-state index < -0.39 is 5.92 Å². The third-order valence-electron chi connectivity index (χ3n) is 7.35. The van der Waals surface area contributed by atoms with Crippen LogP contribution in [-0.4, -0.2) is 23.0 Å². The van der Waals surface area contributed by atoms with Gasteiger partial charge in [-0.05, 0) is 68.2 Å². The molecule has 5 rings (SSSR count). The lowest BCUT2D eigenvalue weighted by Gasteiger charge is -2.37. The number of dihydropyridines is 1. The molecule has 0 aromatic heterocycles. The van der Waals surface area contributed by atoms with E-state index in [-0.39, 0.29) is 29.5 Å². The van der Waals surface area contributed by atoms with E-state index in [0.717, 1.165) is 48.2 Å². The molecule has 0 spiro atoms. The molecule has 2 aromatic rings. The second kappa shape index (κ2) is 9.49. The van der Waals surface area contributed by atoms with Crippen LogP contribution in [0.1, 0.15) is 74.8 Å². The third kappa shape index (κ3) is 4.39. The number of nitrogens with one attached hydrogen (secondary N) is 1. The molecule has 1 fully saturated rings. The number of esters is 1. The molecule has 1 aliphatic heterocycles. The molecule has 1 saturated carbocycles. The van der Waals surface area contributed by atoms with Gasteiger partial charge < -0.3 is 15.2 Å². The summed E-state index contributed by atoms with van der Waals surface area (Å²) in [6.07, 6.45) is 6.09. The summed E-state index contributed by atoms with van der Waals surface area (Å²) in [5.41, 5.74) is 4.55. The van der Waals surface area contributed by atoms with Crippen molar-refractivity contribution in [1.29, 1.82) is 0 Å². The minimum Gasteiger partial charge on any atom is -0.508 e. The zero-order chi connectivity index (χ0) is 23.7. The lowest BCUT2D eigenvalue weighted by atomic mass is 9.71. The van der Waals surface area contributed by atoms with Crippen molar-refractivity contribution in [3.8, 4) is 5.75 Å². The summed E-state index contributed by atoms with van der Waals surface area (Å²) in [5, 5.41) is 13.6. The Morgan fingerprint density at radius 2 is 1.71 bits per heavy atom. The Morgan fingerprint density at radius 1 is 0.971 bits per heavy atom. The van der Waals surface area contributed by atoms with Crippen molar-refractivity contribution in [2.24, 2.45) is 0 Å². The summed E-state index contributed by atoms with van der Waals surface area (Å²) in [5.74, 6) is -0.681. The van der Waals surface area contributed by atoms with Gasteiger partial charge in [0, 0.05) is 29.3 Å². The summed E-state index contributed by atoms with van der Waals surface area (Å²) in [7, 11) is 0. The maximum Gasteiger partial charge on any atom is 0.337 e. The molecule has 5 heteroatoms. The second-order valence-corrected chi connectivity index (χ2v) is 9.69. The fourth-order valence-electron chi connectivity index (χ4n) is 5.71. The van der Waals surface area contributed by atoms with E-state index in [1.54, 1.807) is 18.2 Å². The summed E-state index contributed by atoms with van der Waals surface area (Å²) in [4.78, 5) is 27.1. The van der Waals surface area contributed by atoms with Gasteiger partial charge in [-0.3, -0.25) is 4.79 Å². The molecule has 2 atom stereocenters. The van der Waals surface area contributed by atoms with Crippen LogP contribution in [0.4, 0.5) is 0 Å². The topological polar surface area (TPSA) is 75.6 Å². The van der Waals surface area contributed by atoms with E-state index >= 15 is 0 Å². The number of Topliss-reactive ketones (excluding diaryl/α,β-unsaturated/α-hetero) is 1. The smallest absolute Gasteiger partial charge is 0.337 e. The van der Waals surface area contributed by atoms with E-state index in [2.05, 4.69) is 17.4 Å². The first-order valence-corrected chi connectivity index (χ1v) is 12.3. The Balaban J connectivity index is 1.53. The molecule has 0 bridgehead atoms. The van der Waals surface area contributed by atoms with Crippen molar-refractivity contribution >= 4 is 11.8 Å². The monoisotopic (exact) mass is 457 g/mol. The standard InChI is InChI=1S/C29H31NO4/c1-18-26(29(33)34-23-13-6-3-7-14-23)27(20-11-8-12-22(31)15-20)28-24(30-18)16-21(17-25(28)32)19-9-4-2-5-10-19/h2,4-5,8-12,15,21,23,27,30-31H,3,6-7,13-14,16-17H2,1H3/t21-,27-/m0/s1. The minimum absolute atomic E-state index is 0.0337. The summed E-state index contributed by atoms with van der Waals surface area (Å²) in [6, 6.07) is 17.0. The second-order valence-electron chi connectivity index (χ2n) is 9.69. The molecule has 2 N–H and O–H groups in total. The number of phenols is 1. The predicted molar refractivity (Wildman–Crippen MR) is 130 cm³/mol. The summed E-state index contributed by atoms with van der Waals surface area (Å²) in [6.45, 7) is 1.88. The van der Waals surface area contributed by atoms with Crippen molar-refractivity contribution < 1.29 is 19.4 Å². The zero-order valence-corrected chi connectivity index (χ0v) is 19.5. The molecule has 0 amide bonds. The predicted octanol–water partition coefficient (Wildman–Crippen LogP) is 5.63. The summed E-state index contributed by atoms with van der Waals surface area (Å²) < 4.78 is 5.96. The quantitative estimate of drug-likeness (QED) is 0.582. The largest absolute Gasteiger partial charge is 0.508 e. The molecule has 0 radical (unpaired) electrons. The SMILES string of the molecule is CC1=C(C(=O)OC2CCCCC2)[C@H](c2cccc(O)c2)C2=C(C[C@H](c3ccccc3)CC2=O)N1. The van der Waals surface area contributed by atoms with Crippen LogP contribution in [0.3, 0.4) is 0 Å². The number of hydrogen-bond acceptors (Lipinski definition) is 5. The van der Waals surface area contributed by atoms with Crippen molar-refractivity contribution in [1.82, 2.24) is 5.32 Å². The minimum atomic E-state index is -0.552. The van der Waals surface area contributed by atoms with Crippen LogP contribution in [0.25, 0.3) is 0 Å². The summed E-state index contributed by atoms with van der Waals surface area (Å²) >= 11 is 0. The first kappa shape index (κ1) is 22.5. The van der Waals surface area contributed by atoms with Crippen LogP contribution in [0, 0.1) is 0 Å². The Kier molecular flexibility index (Phi) is 6.27. The highest BCUT2D eigenvalue weighted by atomic mass is 16.5. The average molecular weight is 458 g/mol. The Labute approximate surface area is 200 Å². The molecule has 5 nitrogen and oxygen atoms in total. The van der Waals surface area contributed by atoms with Crippen LogP contribution in [0.5, 0.6) is 5.75 Å². The number of hydrogen-bond donors (Lipinski definition) is 2. The van der Waals surface area contributed by atoms with E-state index in [4.69, 9.17) is 4.74 Å². The van der Waals surface area contributed by atoms with Crippen LogP contribution in [0.15, 0.2) is 77.1 Å². The number of carbonyl (C=O) groups is 2. The number of ketones is 1. The van der Waals surface area contributed by atoms with Crippen molar-refractivity contribution in [3.05, 3.63) is 88.3 Å².